The largest absolute Gasteiger partial charge is 0.461 e. The van der Waals surface area contributed by atoms with Gasteiger partial charge in [-0.2, -0.15) is 0 Å². The van der Waals surface area contributed by atoms with Gasteiger partial charge in [-0.05, 0) is 24.6 Å². The molecule has 1 aromatic carbocycles. The number of thioether (sulfide) groups is 1. The maximum atomic E-state index is 13.9. The standard InChI is InChI=1S/C17H15FN2O2S/c1-2-22-17(21)14-16(23-11-12-7-4-3-5-8-12)19-15-13(18)9-6-10-20(14)15/h3-10H,2,11H2,1H3. The Labute approximate surface area is 137 Å². The van der Waals surface area contributed by atoms with Crippen LogP contribution in [0.3, 0.4) is 0 Å². The number of nitrogens with zero attached hydrogens (tertiary/aromatic N) is 2. The van der Waals surface area contributed by atoms with E-state index in [9.17, 15) is 9.18 Å². The predicted molar refractivity (Wildman–Crippen MR) is 87.1 cm³/mol. The molecule has 0 radical (unpaired) electrons. The van der Waals surface area contributed by atoms with Crippen LogP contribution in [0.5, 0.6) is 0 Å². The van der Waals surface area contributed by atoms with E-state index >= 15 is 0 Å². The SMILES string of the molecule is CCOC(=O)c1c(SCc2ccccc2)nc2c(F)cccn12. The Morgan fingerprint density at radius 3 is 2.78 bits per heavy atom. The Balaban J connectivity index is 1.99. The number of benzene rings is 1. The van der Waals surface area contributed by atoms with E-state index in [0.29, 0.717) is 10.8 Å². The monoisotopic (exact) mass is 330 g/mol. The number of ether oxygens (including phenoxy) is 1. The van der Waals surface area contributed by atoms with Crippen LogP contribution in [0.25, 0.3) is 5.65 Å². The molecule has 3 aromatic rings. The van der Waals surface area contributed by atoms with E-state index in [1.807, 2.05) is 30.3 Å². The van der Waals surface area contributed by atoms with Gasteiger partial charge in [0, 0.05) is 11.9 Å². The second-order valence-corrected chi connectivity index (χ2v) is 5.77. The molecule has 118 valence electrons. The quantitative estimate of drug-likeness (QED) is 0.525. The van der Waals surface area contributed by atoms with Gasteiger partial charge in [0.15, 0.2) is 17.2 Å². The van der Waals surface area contributed by atoms with Gasteiger partial charge in [-0.1, -0.05) is 42.1 Å². The molecular formula is C17H15FN2O2S. The summed E-state index contributed by atoms with van der Waals surface area (Å²) in [6.07, 6.45) is 1.62. The van der Waals surface area contributed by atoms with E-state index in [-0.39, 0.29) is 17.9 Å². The van der Waals surface area contributed by atoms with Crippen LogP contribution in [0.2, 0.25) is 0 Å². The zero-order chi connectivity index (χ0) is 16.2. The molecule has 23 heavy (non-hydrogen) atoms. The lowest BCUT2D eigenvalue weighted by molar-refractivity contribution is 0.0513. The summed E-state index contributed by atoms with van der Waals surface area (Å²) in [6.45, 7) is 1.99. The van der Waals surface area contributed by atoms with Gasteiger partial charge in [-0.3, -0.25) is 4.40 Å². The molecule has 2 aromatic heterocycles. The van der Waals surface area contributed by atoms with E-state index in [0.717, 1.165) is 5.56 Å². The fraction of sp³-hybridized carbons (Fsp3) is 0.176. The van der Waals surface area contributed by atoms with Gasteiger partial charge < -0.3 is 4.74 Å². The van der Waals surface area contributed by atoms with Crippen LogP contribution in [0, 0.1) is 5.82 Å². The number of carbonyl (C=O) groups excluding carboxylic acids is 1. The summed E-state index contributed by atoms with van der Waals surface area (Å²) < 4.78 is 20.5. The van der Waals surface area contributed by atoms with Crippen LogP contribution in [0.15, 0.2) is 53.7 Å². The molecule has 0 atom stereocenters. The Morgan fingerprint density at radius 2 is 2.04 bits per heavy atom. The number of esters is 1. The van der Waals surface area contributed by atoms with Crippen LogP contribution in [0.1, 0.15) is 23.0 Å². The fourth-order valence-electron chi connectivity index (χ4n) is 2.23. The number of hydrogen-bond acceptors (Lipinski definition) is 4. The molecule has 0 saturated heterocycles. The number of carbonyl (C=O) groups is 1. The molecule has 4 nitrogen and oxygen atoms in total. The lowest BCUT2D eigenvalue weighted by Crippen LogP contribution is -2.09. The molecule has 0 aliphatic heterocycles. The second-order valence-electron chi connectivity index (χ2n) is 4.81. The summed E-state index contributed by atoms with van der Waals surface area (Å²) in [4.78, 5) is 16.5. The third-order valence-electron chi connectivity index (χ3n) is 3.26. The van der Waals surface area contributed by atoms with Crippen molar-refractivity contribution in [1.82, 2.24) is 9.38 Å². The molecule has 0 saturated carbocycles. The van der Waals surface area contributed by atoms with Crippen LogP contribution < -0.4 is 0 Å². The first-order valence-electron chi connectivity index (χ1n) is 7.21. The van der Waals surface area contributed by atoms with Crippen molar-refractivity contribution in [3.63, 3.8) is 0 Å². The minimum absolute atomic E-state index is 0.131. The molecule has 0 aliphatic carbocycles. The van der Waals surface area contributed by atoms with Crippen molar-refractivity contribution in [2.75, 3.05) is 6.61 Å². The number of rotatable bonds is 5. The predicted octanol–water partition coefficient (Wildman–Crippen LogP) is 3.94. The van der Waals surface area contributed by atoms with Crippen molar-refractivity contribution in [3.05, 3.63) is 65.7 Å². The molecule has 0 unspecified atom stereocenters. The first-order valence-corrected chi connectivity index (χ1v) is 8.19. The van der Waals surface area contributed by atoms with Crippen molar-refractivity contribution >= 4 is 23.4 Å². The zero-order valence-electron chi connectivity index (χ0n) is 12.5. The summed E-state index contributed by atoms with van der Waals surface area (Å²) in [5.74, 6) is -0.329. The van der Waals surface area contributed by atoms with Crippen molar-refractivity contribution in [1.29, 1.82) is 0 Å². The van der Waals surface area contributed by atoms with Crippen molar-refractivity contribution < 1.29 is 13.9 Å². The van der Waals surface area contributed by atoms with E-state index in [4.69, 9.17) is 4.74 Å². The van der Waals surface area contributed by atoms with Gasteiger partial charge in [0.2, 0.25) is 0 Å². The molecule has 6 heteroatoms. The number of imidazole rings is 1. The molecule has 2 heterocycles. The van der Waals surface area contributed by atoms with Crippen LogP contribution >= 0.6 is 11.8 Å². The summed E-state index contributed by atoms with van der Waals surface area (Å²) in [7, 11) is 0. The molecule has 0 spiro atoms. The molecule has 0 fully saturated rings. The summed E-state index contributed by atoms with van der Waals surface area (Å²) in [5, 5.41) is 0.470. The van der Waals surface area contributed by atoms with Crippen LogP contribution in [0.4, 0.5) is 4.39 Å². The summed E-state index contributed by atoms with van der Waals surface area (Å²) in [6, 6.07) is 12.7. The topological polar surface area (TPSA) is 43.6 Å². The number of fused-ring (bicyclic) bond motifs is 1. The van der Waals surface area contributed by atoms with E-state index in [1.54, 1.807) is 19.2 Å². The van der Waals surface area contributed by atoms with Gasteiger partial charge >= 0.3 is 5.97 Å². The maximum absolute atomic E-state index is 13.9. The average Bonchev–Trinajstić information content (AvgIpc) is 2.94. The molecule has 0 aliphatic rings. The highest BCUT2D eigenvalue weighted by Gasteiger charge is 2.22. The van der Waals surface area contributed by atoms with Crippen molar-refractivity contribution in [3.8, 4) is 0 Å². The van der Waals surface area contributed by atoms with Gasteiger partial charge in [-0.15, -0.1) is 0 Å². The molecule has 0 N–H and O–H groups in total. The molecule has 0 bridgehead atoms. The van der Waals surface area contributed by atoms with Crippen LogP contribution in [-0.2, 0) is 10.5 Å². The van der Waals surface area contributed by atoms with Crippen molar-refractivity contribution in [2.24, 2.45) is 0 Å². The van der Waals surface area contributed by atoms with Gasteiger partial charge in [0.1, 0.15) is 5.03 Å². The molecular weight excluding hydrogens is 315 g/mol. The van der Waals surface area contributed by atoms with Gasteiger partial charge in [-0.25, -0.2) is 14.2 Å². The lowest BCUT2D eigenvalue weighted by atomic mass is 10.2. The molecule has 0 amide bonds. The first-order chi connectivity index (χ1) is 11.2. The third-order valence-corrected chi connectivity index (χ3v) is 4.29. The Hall–Kier alpha value is -2.34. The highest BCUT2D eigenvalue weighted by atomic mass is 32.2. The van der Waals surface area contributed by atoms with Gasteiger partial charge in [0.05, 0.1) is 6.61 Å². The normalized spacial score (nSPS) is 10.9. The van der Waals surface area contributed by atoms with E-state index < -0.39 is 11.8 Å². The molecule has 3 rings (SSSR count). The fourth-order valence-corrected chi connectivity index (χ4v) is 3.19. The number of hydrogen-bond donors (Lipinski definition) is 0. The van der Waals surface area contributed by atoms with E-state index in [1.165, 1.54) is 22.2 Å². The minimum atomic E-state index is -0.499. The Bertz CT molecular complexity index is 833. The number of aromatic nitrogens is 2. The average molecular weight is 330 g/mol. The van der Waals surface area contributed by atoms with Crippen LogP contribution in [-0.4, -0.2) is 22.0 Å². The first kappa shape index (κ1) is 15.6. The highest BCUT2D eigenvalue weighted by Crippen LogP contribution is 2.28. The lowest BCUT2D eigenvalue weighted by Gasteiger charge is -2.04. The second kappa shape index (κ2) is 6.83. The Morgan fingerprint density at radius 1 is 1.26 bits per heavy atom. The summed E-state index contributed by atoms with van der Waals surface area (Å²) in [5.41, 5.74) is 1.50. The van der Waals surface area contributed by atoms with E-state index in [2.05, 4.69) is 4.98 Å². The smallest absolute Gasteiger partial charge is 0.358 e. The number of halogens is 1. The van der Waals surface area contributed by atoms with Gasteiger partial charge in [0.25, 0.3) is 0 Å². The van der Waals surface area contributed by atoms with Crippen molar-refractivity contribution in [2.45, 2.75) is 17.7 Å². The Kier molecular flexibility index (Phi) is 4.62. The summed E-state index contributed by atoms with van der Waals surface area (Å²) >= 11 is 1.39. The number of pyridine rings is 1. The minimum Gasteiger partial charge on any atom is -0.461 e. The highest BCUT2D eigenvalue weighted by molar-refractivity contribution is 7.98. The third kappa shape index (κ3) is 3.22. The maximum Gasteiger partial charge on any atom is 0.358 e. The zero-order valence-corrected chi connectivity index (χ0v) is 13.3.